The van der Waals surface area contributed by atoms with E-state index in [4.69, 9.17) is 0 Å². The Labute approximate surface area is 143 Å². The van der Waals surface area contributed by atoms with Crippen molar-refractivity contribution < 1.29 is 22.4 Å². The molecular weight excluding hydrogens is 336 g/mol. The molecule has 7 heteroatoms. The first-order valence-corrected chi connectivity index (χ1v) is 7.76. The molecule has 0 saturated carbocycles. The summed E-state index contributed by atoms with van der Waals surface area (Å²) < 4.78 is 52.3. The van der Waals surface area contributed by atoms with Gasteiger partial charge < -0.3 is 4.57 Å². The quantitative estimate of drug-likeness (QED) is 0.575. The number of nitrogens with zero attached hydrogens (tertiary/aromatic N) is 2. The monoisotopic (exact) mass is 356 g/mol. The molecule has 0 fully saturated rings. The Bertz CT molecular complexity index is 765. The molecule has 0 radical (unpaired) electrons. The molecule has 0 aliphatic heterocycles. The van der Waals surface area contributed by atoms with Crippen LogP contribution >= 0.6 is 0 Å². The molecule has 1 aromatic carbocycles. The first-order chi connectivity index (χ1) is 11.6. The van der Waals surface area contributed by atoms with E-state index < -0.39 is 12.7 Å². The summed E-state index contributed by atoms with van der Waals surface area (Å²) in [7, 11) is 1.71. The highest BCUT2D eigenvalue weighted by Crippen LogP contribution is 2.23. The van der Waals surface area contributed by atoms with E-state index in [1.807, 2.05) is 0 Å². The summed E-state index contributed by atoms with van der Waals surface area (Å²) in [6, 6.07) is 7.55. The fraction of sp³-hybridized carbons (Fsp3) is 0.389. The van der Waals surface area contributed by atoms with Gasteiger partial charge in [-0.25, -0.2) is 4.39 Å². The third-order valence-corrected chi connectivity index (χ3v) is 3.97. The molecule has 1 aromatic heterocycles. The summed E-state index contributed by atoms with van der Waals surface area (Å²) >= 11 is 0. The molecule has 0 amide bonds. The summed E-state index contributed by atoms with van der Waals surface area (Å²) in [4.78, 5) is 14.2. The van der Waals surface area contributed by atoms with Crippen LogP contribution in [-0.2, 0) is 13.1 Å². The summed E-state index contributed by atoms with van der Waals surface area (Å²) in [5, 5.41) is 0. The van der Waals surface area contributed by atoms with E-state index in [2.05, 4.69) is 0 Å². The van der Waals surface area contributed by atoms with Crippen LogP contribution in [0.5, 0.6) is 0 Å². The van der Waals surface area contributed by atoms with E-state index in [0.29, 0.717) is 17.9 Å². The highest BCUT2D eigenvalue weighted by Gasteiger charge is 2.30. The number of aryl methyl sites for hydroxylation is 1. The first-order valence-electron chi connectivity index (χ1n) is 7.76. The highest BCUT2D eigenvalue weighted by atomic mass is 19.4. The predicted octanol–water partition coefficient (Wildman–Crippen LogP) is 4.12. The average molecular weight is 356 g/mol. The van der Waals surface area contributed by atoms with Gasteiger partial charge in [0.2, 0.25) is 0 Å². The Kier molecular flexibility index (Phi) is 5.67. The smallest absolute Gasteiger partial charge is 0.339 e. The van der Waals surface area contributed by atoms with Crippen LogP contribution in [0.1, 0.15) is 27.3 Å². The topological polar surface area (TPSA) is 25.2 Å². The zero-order chi connectivity index (χ0) is 18.8. The maximum atomic E-state index is 13.2. The molecular formula is C18H20F4N2O. The van der Waals surface area contributed by atoms with Gasteiger partial charge in [-0.05, 0) is 44.7 Å². The molecule has 0 spiro atoms. The Hall–Kier alpha value is -2.15. The number of benzene rings is 1. The lowest BCUT2D eigenvalue weighted by atomic mass is 10.1. The van der Waals surface area contributed by atoms with Crippen molar-refractivity contribution in [2.75, 3.05) is 13.6 Å². The normalized spacial score (nSPS) is 12.0. The fourth-order valence-electron chi connectivity index (χ4n) is 2.84. The maximum Gasteiger partial charge on any atom is 0.406 e. The number of rotatable bonds is 6. The molecule has 2 aromatic rings. The number of carbonyl (C=O) groups excluding carboxylic acids is 1. The van der Waals surface area contributed by atoms with Crippen LogP contribution in [0.2, 0.25) is 0 Å². The number of likely N-dealkylation sites (N-methyl/N-ethyl adjacent to an activating group) is 1. The summed E-state index contributed by atoms with van der Waals surface area (Å²) in [5.41, 5.74) is 1.70. The first kappa shape index (κ1) is 19.2. The van der Waals surface area contributed by atoms with Gasteiger partial charge in [0.25, 0.3) is 0 Å². The minimum atomic E-state index is -4.34. The molecule has 2 rings (SSSR count). The number of carbonyl (C=O) groups is 1. The number of aromatic nitrogens is 1. The van der Waals surface area contributed by atoms with Gasteiger partial charge in [-0.15, -0.1) is 0 Å². The number of halogens is 4. The molecule has 0 saturated heterocycles. The molecule has 1 heterocycles. The molecule has 0 aliphatic carbocycles. The molecule has 0 aliphatic rings. The second-order valence-corrected chi connectivity index (χ2v) is 6.21. The minimum Gasteiger partial charge on any atom is -0.339 e. The maximum absolute atomic E-state index is 13.2. The zero-order valence-electron chi connectivity index (χ0n) is 14.3. The van der Waals surface area contributed by atoms with Crippen molar-refractivity contribution in [1.29, 1.82) is 0 Å². The van der Waals surface area contributed by atoms with Crippen molar-refractivity contribution in [3.63, 3.8) is 0 Å². The van der Waals surface area contributed by atoms with Crippen LogP contribution in [0.3, 0.4) is 0 Å². The molecule has 25 heavy (non-hydrogen) atoms. The van der Waals surface area contributed by atoms with Gasteiger partial charge in [-0.3, -0.25) is 9.69 Å². The lowest BCUT2D eigenvalue weighted by molar-refractivity contribution is -0.141. The zero-order valence-corrected chi connectivity index (χ0v) is 14.3. The van der Waals surface area contributed by atoms with Gasteiger partial charge in [0.1, 0.15) is 12.4 Å². The van der Waals surface area contributed by atoms with E-state index in [1.165, 1.54) is 25.1 Å². The van der Waals surface area contributed by atoms with Crippen molar-refractivity contribution in [2.24, 2.45) is 0 Å². The second-order valence-electron chi connectivity index (χ2n) is 6.21. The molecule has 3 nitrogen and oxygen atoms in total. The van der Waals surface area contributed by atoms with Gasteiger partial charge in [-0.2, -0.15) is 13.2 Å². The predicted molar refractivity (Wildman–Crippen MR) is 87.0 cm³/mol. The van der Waals surface area contributed by atoms with Gasteiger partial charge in [0, 0.05) is 23.5 Å². The number of hydrogen-bond acceptors (Lipinski definition) is 2. The van der Waals surface area contributed by atoms with Crippen LogP contribution in [0.15, 0.2) is 30.3 Å². The Balaban J connectivity index is 2.09. The van der Waals surface area contributed by atoms with Gasteiger partial charge >= 0.3 is 6.18 Å². The molecule has 0 N–H and O–H groups in total. The Morgan fingerprint density at radius 2 is 1.88 bits per heavy atom. The van der Waals surface area contributed by atoms with E-state index in [-0.39, 0.29) is 23.7 Å². The van der Waals surface area contributed by atoms with Gasteiger partial charge in [-0.1, -0.05) is 12.1 Å². The molecule has 0 unspecified atom stereocenters. The fourth-order valence-corrected chi connectivity index (χ4v) is 2.84. The molecule has 136 valence electrons. The molecule has 0 bridgehead atoms. The third kappa shape index (κ3) is 5.16. The number of hydrogen-bond donors (Lipinski definition) is 0. The SMILES string of the molecule is Cc1cc(C(=O)CN(C)Cc2cccc(F)c2)c(C)n1CC(F)(F)F. The third-order valence-electron chi connectivity index (χ3n) is 3.97. The van der Waals surface area contributed by atoms with Crippen LogP contribution in [0.4, 0.5) is 17.6 Å². The molecule has 0 atom stereocenters. The van der Waals surface area contributed by atoms with E-state index in [1.54, 1.807) is 31.0 Å². The Morgan fingerprint density at radius 1 is 1.20 bits per heavy atom. The van der Waals surface area contributed by atoms with E-state index in [9.17, 15) is 22.4 Å². The summed E-state index contributed by atoms with van der Waals surface area (Å²) in [6.45, 7) is 2.35. The second kappa shape index (κ2) is 7.39. The average Bonchev–Trinajstić information content (AvgIpc) is 2.73. The summed E-state index contributed by atoms with van der Waals surface area (Å²) in [6.07, 6.45) is -4.34. The Morgan fingerprint density at radius 3 is 2.48 bits per heavy atom. The van der Waals surface area contributed by atoms with Crippen molar-refractivity contribution in [3.05, 3.63) is 58.7 Å². The number of Topliss-reactive ketones (excluding diaryl/α,β-unsaturated/α-hetero) is 1. The van der Waals surface area contributed by atoms with Gasteiger partial charge in [0.05, 0.1) is 6.54 Å². The highest BCUT2D eigenvalue weighted by molar-refractivity contribution is 5.99. The van der Waals surface area contributed by atoms with Crippen molar-refractivity contribution in [2.45, 2.75) is 33.1 Å². The number of ketones is 1. The van der Waals surface area contributed by atoms with Crippen LogP contribution in [0.25, 0.3) is 0 Å². The van der Waals surface area contributed by atoms with Crippen LogP contribution in [-0.4, -0.2) is 35.0 Å². The van der Waals surface area contributed by atoms with Gasteiger partial charge in [0.15, 0.2) is 5.78 Å². The largest absolute Gasteiger partial charge is 0.406 e. The summed E-state index contributed by atoms with van der Waals surface area (Å²) in [5.74, 6) is -0.617. The minimum absolute atomic E-state index is 0.0345. The lowest BCUT2D eigenvalue weighted by Crippen LogP contribution is -2.26. The van der Waals surface area contributed by atoms with Crippen LogP contribution < -0.4 is 0 Å². The van der Waals surface area contributed by atoms with Crippen molar-refractivity contribution in [3.8, 4) is 0 Å². The van der Waals surface area contributed by atoms with Crippen LogP contribution in [0, 0.1) is 19.7 Å². The van der Waals surface area contributed by atoms with Crippen molar-refractivity contribution >= 4 is 5.78 Å². The number of alkyl halides is 3. The van der Waals surface area contributed by atoms with Crippen molar-refractivity contribution in [1.82, 2.24) is 9.47 Å². The van der Waals surface area contributed by atoms with E-state index >= 15 is 0 Å². The lowest BCUT2D eigenvalue weighted by Gasteiger charge is -2.16. The van der Waals surface area contributed by atoms with E-state index in [0.717, 1.165) is 10.1 Å². The standard InChI is InChI=1S/C18H20F4N2O/c1-12-7-16(13(2)24(12)11-18(20,21)22)17(25)10-23(3)9-14-5-4-6-15(19)8-14/h4-8H,9-11H2,1-3H3.